The molecule has 0 aliphatic carbocycles. The molecule has 2 amide bonds. The Morgan fingerprint density at radius 2 is 1.88 bits per heavy atom. The Hall–Kier alpha value is -3.88. The average Bonchev–Trinajstić information content (AvgIpc) is 3.39. The highest BCUT2D eigenvalue weighted by atomic mass is 16.4. The maximum Gasteiger partial charge on any atom is 0.298 e. The molecule has 0 radical (unpaired) electrons. The summed E-state index contributed by atoms with van der Waals surface area (Å²) >= 11 is 0. The number of carbonyl (C=O) groups excluding carboxylic acids is 2. The van der Waals surface area contributed by atoms with Gasteiger partial charge in [0.15, 0.2) is 0 Å². The molecule has 41 heavy (non-hydrogen) atoms. The lowest BCUT2D eigenvalue weighted by molar-refractivity contribution is -0.120. The van der Waals surface area contributed by atoms with Crippen LogP contribution in [0.25, 0.3) is 0 Å². The minimum absolute atomic E-state index is 0.194. The smallest absolute Gasteiger partial charge is 0.298 e. The van der Waals surface area contributed by atoms with E-state index in [1.165, 1.54) is 12.0 Å². The van der Waals surface area contributed by atoms with E-state index in [1.54, 1.807) is 13.1 Å². The third-order valence-corrected chi connectivity index (χ3v) is 8.90. The van der Waals surface area contributed by atoms with Gasteiger partial charge in [-0.15, -0.1) is 0 Å². The zero-order valence-corrected chi connectivity index (χ0v) is 24.3. The normalized spacial score (nSPS) is 21.6. The van der Waals surface area contributed by atoms with Crippen molar-refractivity contribution in [3.05, 3.63) is 59.6 Å². The Kier molecular flexibility index (Phi) is 7.69. The van der Waals surface area contributed by atoms with Crippen LogP contribution in [-0.2, 0) is 4.79 Å². The number of anilines is 4. The molecule has 9 heteroatoms. The van der Waals surface area contributed by atoms with Gasteiger partial charge in [-0.2, -0.15) is 4.98 Å². The molecule has 3 aliphatic rings. The van der Waals surface area contributed by atoms with Gasteiger partial charge in [0.05, 0.1) is 17.6 Å². The van der Waals surface area contributed by atoms with E-state index in [9.17, 15) is 9.59 Å². The van der Waals surface area contributed by atoms with Crippen molar-refractivity contribution in [1.82, 2.24) is 9.97 Å². The standard InChI is InChI=1S/C32H40N6O3/c1-4-23-18-29(39)38(27-10-6-5-9-26(23)27)25-13-16-36(17-14-25)28-12-11-24(19-33-28)35-31(40)30-22(3)34-32(41-30)37-15-7-8-21(2)20-37/h5-6,9-12,19,21,23,25H,4,7-8,13-18,20H2,1-3H3,(H,35,40). The van der Waals surface area contributed by atoms with E-state index in [0.29, 0.717) is 35.7 Å². The Labute approximate surface area is 241 Å². The molecule has 3 aliphatic heterocycles. The fraction of sp³-hybridized carbons (Fsp3) is 0.500. The highest BCUT2D eigenvalue weighted by Gasteiger charge is 2.36. The van der Waals surface area contributed by atoms with E-state index < -0.39 is 0 Å². The Balaban J connectivity index is 1.07. The molecule has 0 saturated carbocycles. The molecule has 2 atom stereocenters. The first kappa shape index (κ1) is 27.3. The van der Waals surface area contributed by atoms with Gasteiger partial charge < -0.3 is 24.4 Å². The van der Waals surface area contributed by atoms with Gasteiger partial charge >= 0.3 is 0 Å². The molecule has 2 aromatic heterocycles. The highest BCUT2D eigenvalue weighted by molar-refractivity contribution is 6.03. The van der Waals surface area contributed by atoms with Gasteiger partial charge in [-0.1, -0.05) is 32.0 Å². The summed E-state index contributed by atoms with van der Waals surface area (Å²) in [7, 11) is 0. The molecule has 2 fully saturated rings. The Morgan fingerprint density at radius 3 is 2.61 bits per heavy atom. The number of hydrogen-bond acceptors (Lipinski definition) is 7. The number of piperidine rings is 2. The second-order valence-corrected chi connectivity index (χ2v) is 11.8. The molecule has 1 N–H and O–H groups in total. The van der Waals surface area contributed by atoms with Crippen molar-refractivity contribution in [1.29, 1.82) is 0 Å². The molecule has 0 bridgehead atoms. The van der Waals surface area contributed by atoms with Crippen molar-refractivity contribution in [2.75, 3.05) is 46.2 Å². The Bertz CT molecular complexity index is 1390. The fourth-order valence-electron chi connectivity index (χ4n) is 6.65. The van der Waals surface area contributed by atoms with E-state index in [0.717, 1.165) is 63.4 Å². The first-order chi connectivity index (χ1) is 19.9. The second-order valence-electron chi connectivity index (χ2n) is 11.8. The van der Waals surface area contributed by atoms with Crippen LogP contribution in [0.15, 0.2) is 47.0 Å². The molecule has 6 rings (SSSR count). The summed E-state index contributed by atoms with van der Waals surface area (Å²) < 4.78 is 5.90. The number of aryl methyl sites for hydroxylation is 1. The third-order valence-electron chi connectivity index (χ3n) is 8.90. The van der Waals surface area contributed by atoms with Crippen molar-refractivity contribution in [2.24, 2.45) is 5.92 Å². The molecule has 2 saturated heterocycles. The number of pyridine rings is 1. The average molecular weight is 557 g/mol. The topological polar surface area (TPSA) is 94.8 Å². The Morgan fingerprint density at radius 1 is 1.07 bits per heavy atom. The van der Waals surface area contributed by atoms with E-state index in [4.69, 9.17) is 4.42 Å². The maximum absolute atomic E-state index is 13.2. The van der Waals surface area contributed by atoms with Crippen LogP contribution in [-0.4, -0.2) is 54.0 Å². The summed E-state index contributed by atoms with van der Waals surface area (Å²) in [5.74, 6) is 1.93. The van der Waals surface area contributed by atoms with E-state index in [1.807, 2.05) is 18.2 Å². The van der Waals surface area contributed by atoms with Crippen molar-refractivity contribution in [3.63, 3.8) is 0 Å². The largest absolute Gasteiger partial charge is 0.418 e. The number of nitrogens with one attached hydrogen (secondary N) is 1. The monoisotopic (exact) mass is 556 g/mol. The number of rotatable bonds is 6. The summed E-state index contributed by atoms with van der Waals surface area (Å²) in [6.45, 7) is 9.63. The molecule has 2 unspecified atom stereocenters. The minimum Gasteiger partial charge on any atom is -0.418 e. The summed E-state index contributed by atoms with van der Waals surface area (Å²) in [6.07, 6.45) is 7.34. The zero-order valence-electron chi connectivity index (χ0n) is 24.3. The van der Waals surface area contributed by atoms with Gasteiger partial charge in [0, 0.05) is 44.3 Å². The summed E-state index contributed by atoms with van der Waals surface area (Å²) in [6, 6.07) is 12.9. The lowest BCUT2D eigenvalue weighted by Crippen LogP contribution is -2.50. The van der Waals surface area contributed by atoms with Crippen LogP contribution >= 0.6 is 0 Å². The van der Waals surface area contributed by atoms with Gasteiger partial charge in [-0.05, 0) is 74.6 Å². The predicted molar refractivity (Wildman–Crippen MR) is 161 cm³/mol. The lowest BCUT2D eigenvalue weighted by atomic mass is 9.86. The van der Waals surface area contributed by atoms with Crippen LogP contribution in [0.1, 0.15) is 80.1 Å². The summed E-state index contributed by atoms with van der Waals surface area (Å²) in [4.78, 5) is 41.8. The van der Waals surface area contributed by atoms with Gasteiger partial charge in [0.2, 0.25) is 11.7 Å². The molecule has 9 nitrogen and oxygen atoms in total. The number of aromatic nitrogens is 2. The number of nitrogens with zero attached hydrogens (tertiary/aromatic N) is 5. The van der Waals surface area contributed by atoms with Gasteiger partial charge in [0.25, 0.3) is 11.9 Å². The van der Waals surface area contributed by atoms with E-state index in [-0.39, 0.29) is 23.6 Å². The molecular formula is C32H40N6O3. The number of benzene rings is 1. The number of fused-ring (bicyclic) bond motifs is 1. The first-order valence-corrected chi connectivity index (χ1v) is 15.1. The van der Waals surface area contributed by atoms with E-state index in [2.05, 4.69) is 62.0 Å². The summed E-state index contributed by atoms with van der Waals surface area (Å²) in [5.41, 5.74) is 3.59. The zero-order chi connectivity index (χ0) is 28.5. The summed E-state index contributed by atoms with van der Waals surface area (Å²) in [5, 5.41) is 2.91. The molecule has 0 spiro atoms. The quantitative estimate of drug-likeness (QED) is 0.412. The molecule has 1 aromatic carbocycles. The van der Waals surface area contributed by atoms with Crippen molar-refractivity contribution in [3.8, 4) is 0 Å². The van der Waals surface area contributed by atoms with Crippen molar-refractivity contribution < 1.29 is 14.0 Å². The molecule has 3 aromatic rings. The van der Waals surface area contributed by atoms with Crippen molar-refractivity contribution in [2.45, 2.75) is 71.3 Å². The van der Waals surface area contributed by atoms with Crippen molar-refractivity contribution >= 4 is 35.0 Å². The number of hydrogen-bond donors (Lipinski definition) is 1. The van der Waals surface area contributed by atoms with Crippen LogP contribution in [0.5, 0.6) is 0 Å². The molecule has 216 valence electrons. The van der Waals surface area contributed by atoms with Crippen LogP contribution in [0.4, 0.5) is 23.2 Å². The number of amides is 2. The molecular weight excluding hydrogens is 516 g/mol. The maximum atomic E-state index is 13.2. The lowest BCUT2D eigenvalue weighted by Gasteiger charge is -2.42. The minimum atomic E-state index is -0.321. The number of oxazole rings is 1. The SMILES string of the molecule is CCC1CC(=O)N(C2CCN(c3ccc(NC(=O)c4oc(N5CCCC(C)C5)nc4C)cn3)CC2)c2ccccc21. The van der Waals surface area contributed by atoms with Crippen LogP contribution in [0.3, 0.4) is 0 Å². The van der Waals surface area contributed by atoms with E-state index >= 15 is 0 Å². The van der Waals surface area contributed by atoms with Crippen LogP contribution in [0.2, 0.25) is 0 Å². The fourth-order valence-corrected chi connectivity index (χ4v) is 6.65. The molecule has 5 heterocycles. The van der Waals surface area contributed by atoms with Gasteiger partial charge in [0.1, 0.15) is 5.82 Å². The van der Waals surface area contributed by atoms with Crippen LogP contribution in [0, 0.1) is 12.8 Å². The van der Waals surface area contributed by atoms with Gasteiger partial charge in [-0.25, -0.2) is 4.98 Å². The predicted octanol–water partition coefficient (Wildman–Crippen LogP) is 5.77. The highest BCUT2D eigenvalue weighted by Crippen LogP contribution is 2.40. The second kappa shape index (κ2) is 11.5. The van der Waals surface area contributed by atoms with Gasteiger partial charge in [-0.3, -0.25) is 9.59 Å². The van der Waals surface area contributed by atoms with Crippen LogP contribution < -0.4 is 20.0 Å². The number of para-hydroxylation sites is 1. The third kappa shape index (κ3) is 5.54. The number of carbonyl (C=O) groups is 2. The first-order valence-electron chi connectivity index (χ1n) is 15.1.